The van der Waals surface area contributed by atoms with Crippen LogP contribution in [0, 0.1) is 16.6 Å². The third kappa shape index (κ3) is 3.15. The Kier molecular flexibility index (Phi) is 4.46. The number of hydrogen-bond acceptors (Lipinski definition) is 3. The Morgan fingerprint density at radius 2 is 2.28 bits per heavy atom. The van der Waals surface area contributed by atoms with Crippen LogP contribution in [0.15, 0.2) is 24.3 Å². The summed E-state index contributed by atoms with van der Waals surface area (Å²) in [4.78, 5) is 12.4. The predicted molar refractivity (Wildman–Crippen MR) is 98.9 cm³/mol. The second-order valence-corrected chi connectivity index (χ2v) is 7.56. The lowest BCUT2D eigenvalue weighted by atomic mass is 9.92. The first-order valence-electron chi connectivity index (χ1n) is 9.17. The van der Waals surface area contributed by atoms with Gasteiger partial charge in [0.05, 0.1) is 0 Å². The van der Waals surface area contributed by atoms with Gasteiger partial charge in [-0.15, -0.1) is 0 Å². The van der Waals surface area contributed by atoms with Crippen molar-refractivity contribution in [3.05, 3.63) is 46.0 Å². The van der Waals surface area contributed by atoms with Crippen molar-refractivity contribution in [2.75, 3.05) is 6.54 Å². The maximum Gasteiger partial charge on any atom is 0.240 e. The molecule has 2 aromatic rings. The summed E-state index contributed by atoms with van der Waals surface area (Å²) in [5.74, 6) is 2.84. The van der Waals surface area contributed by atoms with Gasteiger partial charge >= 0.3 is 0 Å². The molecule has 0 bridgehead atoms. The summed E-state index contributed by atoms with van der Waals surface area (Å²) in [5, 5.41) is 10.1. The topological polar surface area (TPSA) is 62.7 Å². The van der Waals surface area contributed by atoms with Crippen LogP contribution in [0.3, 0.4) is 0 Å². The molecule has 1 aromatic heterocycles. The molecular formula is C19H24N4OS. The first-order chi connectivity index (χ1) is 12.2. The molecule has 0 spiro atoms. The largest absolute Gasteiger partial charge is 0.354 e. The standard InChI is InChI=1S/C19H24N4OS/c1-2-5-16-21-22-19(25)23(16)11-17(24)20-10-15-14-9-8-12-6-3-4-7-13(12)18(14)15/h3-4,6-7,14-15,18H,2,5,8-11H2,1H3,(H,20,24)(H,22,25)/t14-,15+,18-/m0/s1. The van der Waals surface area contributed by atoms with E-state index in [1.807, 2.05) is 4.57 Å². The Morgan fingerprint density at radius 1 is 1.44 bits per heavy atom. The lowest BCUT2D eigenvalue weighted by Gasteiger charge is -2.13. The van der Waals surface area contributed by atoms with E-state index in [-0.39, 0.29) is 12.5 Å². The second-order valence-electron chi connectivity index (χ2n) is 7.18. The van der Waals surface area contributed by atoms with E-state index in [1.165, 1.54) is 24.0 Å². The van der Waals surface area contributed by atoms with Crippen molar-refractivity contribution in [2.24, 2.45) is 11.8 Å². The molecule has 2 aliphatic carbocycles. The van der Waals surface area contributed by atoms with Crippen LogP contribution < -0.4 is 5.32 Å². The van der Waals surface area contributed by atoms with Gasteiger partial charge in [-0.25, -0.2) is 0 Å². The van der Waals surface area contributed by atoms with E-state index in [4.69, 9.17) is 12.2 Å². The number of H-pyrrole nitrogens is 1. The zero-order valence-electron chi connectivity index (χ0n) is 14.5. The number of aryl methyl sites for hydroxylation is 2. The number of nitrogens with zero attached hydrogens (tertiary/aromatic N) is 2. The molecule has 4 rings (SSSR count). The summed E-state index contributed by atoms with van der Waals surface area (Å²) in [6.45, 7) is 3.11. The highest BCUT2D eigenvalue weighted by molar-refractivity contribution is 7.71. The Balaban J connectivity index is 1.35. The molecule has 2 N–H and O–H groups in total. The minimum absolute atomic E-state index is 0.0202. The third-order valence-electron chi connectivity index (χ3n) is 5.64. The van der Waals surface area contributed by atoms with E-state index < -0.39 is 0 Å². The summed E-state index contributed by atoms with van der Waals surface area (Å²) >= 11 is 5.25. The van der Waals surface area contributed by atoms with Gasteiger partial charge < -0.3 is 5.32 Å². The van der Waals surface area contributed by atoms with E-state index in [0.29, 0.717) is 16.6 Å². The number of hydrogen-bond donors (Lipinski definition) is 2. The predicted octanol–water partition coefficient (Wildman–Crippen LogP) is 2.99. The van der Waals surface area contributed by atoms with Gasteiger partial charge in [0.1, 0.15) is 12.4 Å². The lowest BCUT2D eigenvalue weighted by molar-refractivity contribution is -0.121. The summed E-state index contributed by atoms with van der Waals surface area (Å²) in [7, 11) is 0. The Hall–Kier alpha value is -1.95. The fourth-order valence-electron chi connectivity index (χ4n) is 4.35. The molecule has 1 saturated carbocycles. The summed E-state index contributed by atoms with van der Waals surface area (Å²) in [6.07, 6.45) is 4.22. The van der Waals surface area contributed by atoms with Gasteiger partial charge in [0.15, 0.2) is 4.77 Å². The molecule has 1 heterocycles. The normalized spacial score (nSPS) is 23.6. The number of carbonyl (C=O) groups excluding carboxylic acids is 1. The number of amides is 1. The summed E-state index contributed by atoms with van der Waals surface area (Å²) < 4.78 is 2.33. The number of rotatable bonds is 6. The maximum atomic E-state index is 12.4. The SMILES string of the molecule is CCCc1n[nH]c(=S)n1CC(=O)NC[C@@H]1[C@@H]2CCc3ccccc3[C@H]12. The van der Waals surface area contributed by atoms with Gasteiger partial charge in [0.25, 0.3) is 0 Å². The fraction of sp³-hybridized carbons (Fsp3) is 0.526. The number of aromatic nitrogens is 3. The van der Waals surface area contributed by atoms with Crippen molar-refractivity contribution < 1.29 is 4.79 Å². The van der Waals surface area contributed by atoms with Gasteiger partial charge in [-0.3, -0.25) is 14.5 Å². The van der Waals surface area contributed by atoms with Crippen molar-refractivity contribution >= 4 is 18.1 Å². The maximum absolute atomic E-state index is 12.4. The monoisotopic (exact) mass is 356 g/mol. The molecule has 5 nitrogen and oxygen atoms in total. The van der Waals surface area contributed by atoms with E-state index in [2.05, 4.69) is 46.7 Å². The van der Waals surface area contributed by atoms with Crippen LogP contribution in [0.5, 0.6) is 0 Å². The molecular weight excluding hydrogens is 332 g/mol. The highest BCUT2D eigenvalue weighted by Gasteiger charge is 2.52. The van der Waals surface area contributed by atoms with Gasteiger partial charge in [0, 0.05) is 13.0 Å². The number of carbonyl (C=O) groups is 1. The Morgan fingerprint density at radius 3 is 3.12 bits per heavy atom. The fourth-order valence-corrected chi connectivity index (χ4v) is 4.56. The zero-order chi connectivity index (χ0) is 17.4. The van der Waals surface area contributed by atoms with Crippen molar-refractivity contribution in [3.63, 3.8) is 0 Å². The van der Waals surface area contributed by atoms with Gasteiger partial charge in [-0.05, 0) is 60.4 Å². The molecule has 3 atom stereocenters. The van der Waals surface area contributed by atoms with Crippen LogP contribution in [0.1, 0.15) is 42.6 Å². The number of benzene rings is 1. The number of fused-ring (bicyclic) bond motifs is 3. The third-order valence-corrected chi connectivity index (χ3v) is 5.95. The first-order valence-corrected chi connectivity index (χ1v) is 9.58. The summed E-state index contributed by atoms with van der Waals surface area (Å²) in [6, 6.07) is 8.76. The van der Waals surface area contributed by atoms with Crippen LogP contribution in [-0.2, 0) is 24.2 Å². The molecule has 25 heavy (non-hydrogen) atoms. The first kappa shape index (κ1) is 16.5. The molecule has 1 aromatic carbocycles. The molecule has 0 radical (unpaired) electrons. The molecule has 1 amide bonds. The van der Waals surface area contributed by atoms with Crippen molar-refractivity contribution in [3.8, 4) is 0 Å². The molecule has 0 aliphatic heterocycles. The van der Waals surface area contributed by atoms with E-state index in [9.17, 15) is 4.79 Å². The van der Waals surface area contributed by atoms with Gasteiger partial charge in [-0.2, -0.15) is 5.10 Å². The number of aromatic amines is 1. The molecule has 2 aliphatic rings. The molecule has 0 saturated heterocycles. The Labute approximate surface area is 152 Å². The van der Waals surface area contributed by atoms with Crippen molar-refractivity contribution in [2.45, 2.75) is 45.1 Å². The quantitative estimate of drug-likeness (QED) is 0.782. The average molecular weight is 356 g/mol. The highest BCUT2D eigenvalue weighted by atomic mass is 32.1. The van der Waals surface area contributed by atoms with Crippen LogP contribution in [0.2, 0.25) is 0 Å². The van der Waals surface area contributed by atoms with Gasteiger partial charge in [-0.1, -0.05) is 31.2 Å². The number of nitrogens with one attached hydrogen (secondary N) is 2. The summed E-state index contributed by atoms with van der Waals surface area (Å²) in [5.41, 5.74) is 2.99. The van der Waals surface area contributed by atoms with Crippen LogP contribution in [0.4, 0.5) is 0 Å². The smallest absolute Gasteiger partial charge is 0.240 e. The average Bonchev–Trinajstić information content (AvgIpc) is 3.25. The second kappa shape index (κ2) is 6.75. The molecule has 1 fully saturated rings. The van der Waals surface area contributed by atoms with Crippen molar-refractivity contribution in [1.82, 2.24) is 20.1 Å². The zero-order valence-corrected chi connectivity index (χ0v) is 15.3. The molecule has 0 unspecified atom stereocenters. The Bertz CT molecular complexity index is 840. The van der Waals surface area contributed by atoms with E-state index in [1.54, 1.807) is 0 Å². The van der Waals surface area contributed by atoms with Crippen LogP contribution in [0.25, 0.3) is 0 Å². The lowest BCUT2D eigenvalue weighted by Crippen LogP contribution is -2.30. The highest BCUT2D eigenvalue weighted by Crippen LogP contribution is 2.59. The minimum atomic E-state index is 0.0202. The molecule has 132 valence electrons. The van der Waals surface area contributed by atoms with Crippen LogP contribution >= 0.6 is 12.2 Å². The van der Waals surface area contributed by atoms with Gasteiger partial charge in [0.2, 0.25) is 5.91 Å². The molecule has 6 heteroatoms. The van der Waals surface area contributed by atoms with E-state index >= 15 is 0 Å². The minimum Gasteiger partial charge on any atom is -0.354 e. The van der Waals surface area contributed by atoms with Crippen molar-refractivity contribution in [1.29, 1.82) is 0 Å². The van der Waals surface area contributed by atoms with Crippen LogP contribution in [-0.4, -0.2) is 27.2 Å². The van der Waals surface area contributed by atoms with E-state index in [0.717, 1.165) is 31.1 Å².